The van der Waals surface area contributed by atoms with E-state index in [2.05, 4.69) is 0 Å². The van der Waals surface area contributed by atoms with Gasteiger partial charge in [0, 0.05) is 13.6 Å². The summed E-state index contributed by atoms with van der Waals surface area (Å²) in [6, 6.07) is 5.18. The van der Waals surface area contributed by atoms with Crippen LogP contribution in [0.2, 0.25) is 0 Å². The third kappa shape index (κ3) is 5.13. The summed E-state index contributed by atoms with van der Waals surface area (Å²) in [5.74, 6) is 2.17. The number of nitrogens with zero attached hydrogens (tertiary/aromatic N) is 1. The number of hydrogen-bond donors (Lipinski definition) is 1. The first-order chi connectivity index (χ1) is 10.0. The number of hydrogen-bond acceptors (Lipinski definition) is 5. The first kappa shape index (κ1) is 17.7. The van der Waals surface area contributed by atoms with E-state index in [4.69, 9.17) is 15.2 Å². The average Bonchev–Trinajstić information content (AvgIpc) is 2.51. The number of nitrogens with two attached hydrogens (primary N) is 1. The molecular formula is C15H24N2O3S. The topological polar surface area (TPSA) is 64.8 Å². The van der Waals surface area contributed by atoms with Gasteiger partial charge < -0.3 is 20.1 Å². The molecule has 0 fully saturated rings. The minimum Gasteiger partial charge on any atom is -0.493 e. The van der Waals surface area contributed by atoms with Crippen molar-refractivity contribution in [2.45, 2.75) is 19.0 Å². The van der Waals surface area contributed by atoms with Gasteiger partial charge in [-0.1, -0.05) is 6.07 Å². The van der Waals surface area contributed by atoms with Crippen LogP contribution in [0.1, 0.15) is 12.0 Å². The van der Waals surface area contributed by atoms with Crippen molar-refractivity contribution in [3.8, 4) is 11.5 Å². The van der Waals surface area contributed by atoms with E-state index >= 15 is 0 Å². The molecule has 0 unspecified atom stereocenters. The number of rotatable bonds is 8. The average molecular weight is 312 g/mol. The van der Waals surface area contributed by atoms with Crippen LogP contribution < -0.4 is 15.2 Å². The second-order valence-corrected chi connectivity index (χ2v) is 5.76. The Morgan fingerprint density at radius 1 is 1.33 bits per heavy atom. The van der Waals surface area contributed by atoms with E-state index in [-0.39, 0.29) is 5.91 Å². The van der Waals surface area contributed by atoms with Crippen LogP contribution in [0.5, 0.6) is 11.5 Å². The molecule has 6 heteroatoms. The van der Waals surface area contributed by atoms with Crippen molar-refractivity contribution in [2.24, 2.45) is 5.73 Å². The second-order valence-electron chi connectivity index (χ2n) is 4.77. The maximum atomic E-state index is 12.2. The molecule has 2 N–H and O–H groups in total. The summed E-state index contributed by atoms with van der Waals surface area (Å²) in [5.41, 5.74) is 6.88. The highest BCUT2D eigenvalue weighted by Gasteiger charge is 2.18. The van der Waals surface area contributed by atoms with Crippen molar-refractivity contribution in [1.82, 2.24) is 4.90 Å². The van der Waals surface area contributed by atoms with Crippen LogP contribution in [0.15, 0.2) is 18.2 Å². The fourth-order valence-electron chi connectivity index (χ4n) is 1.98. The number of carbonyl (C=O) groups excluding carboxylic acids is 1. The van der Waals surface area contributed by atoms with Gasteiger partial charge in [0.25, 0.3) is 0 Å². The number of benzene rings is 1. The molecule has 0 aliphatic rings. The van der Waals surface area contributed by atoms with Crippen molar-refractivity contribution < 1.29 is 14.3 Å². The molecule has 1 aromatic carbocycles. The zero-order valence-electron chi connectivity index (χ0n) is 13.1. The summed E-state index contributed by atoms with van der Waals surface area (Å²) >= 11 is 1.69. The lowest BCUT2D eigenvalue weighted by molar-refractivity contribution is -0.131. The number of amides is 1. The van der Waals surface area contributed by atoms with E-state index in [1.807, 2.05) is 24.5 Å². The molecule has 0 aliphatic carbocycles. The molecule has 0 saturated heterocycles. The van der Waals surface area contributed by atoms with Gasteiger partial charge in [0.15, 0.2) is 11.5 Å². The van der Waals surface area contributed by atoms with Gasteiger partial charge in [-0.05, 0) is 36.1 Å². The fourth-order valence-corrected chi connectivity index (χ4v) is 2.47. The Morgan fingerprint density at radius 3 is 2.57 bits per heavy atom. The standard InChI is InChI=1S/C15H24N2O3S/c1-17(15(18)12(16)7-8-21-4)10-11-5-6-13(19-2)14(9-11)20-3/h5-6,9,12H,7-8,10,16H2,1-4H3/t12-/m1/s1. The molecule has 0 radical (unpaired) electrons. The number of thioether (sulfide) groups is 1. The Hall–Kier alpha value is -1.40. The molecule has 1 amide bonds. The number of ether oxygens (including phenoxy) is 2. The zero-order valence-corrected chi connectivity index (χ0v) is 13.9. The molecule has 1 atom stereocenters. The number of likely N-dealkylation sites (N-methyl/N-ethyl adjacent to an activating group) is 1. The Kier molecular flexibility index (Phi) is 7.39. The molecule has 0 aromatic heterocycles. The fraction of sp³-hybridized carbons (Fsp3) is 0.533. The molecule has 1 rings (SSSR count). The summed E-state index contributed by atoms with van der Waals surface area (Å²) in [6.07, 6.45) is 2.70. The lowest BCUT2D eigenvalue weighted by atomic mass is 10.1. The zero-order chi connectivity index (χ0) is 15.8. The van der Waals surface area contributed by atoms with Gasteiger partial charge in [-0.2, -0.15) is 11.8 Å². The predicted octanol–water partition coefficient (Wildman–Crippen LogP) is 1.74. The van der Waals surface area contributed by atoms with Crippen molar-refractivity contribution in [3.63, 3.8) is 0 Å². The van der Waals surface area contributed by atoms with Crippen molar-refractivity contribution >= 4 is 17.7 Å². The SMILES string of the molecule is COc1ccc(CN(C)C(=O)[C@H](N)CCSC)cc1OC. The van der Waals surface area contributed by atoms with Gasteiger partial charge in [0.1, 0.15) is 0 Å². The maximum absolute atomic E-state index is 12.2. The van der Waals surface area contributed by atoms with Crippen LogP contribution in [0.25, 0.3) is 0 Å². The van der Waals surface area contributed by atoms with Crippen LogP contribution in [0.3, 0.4) is 0 Å². The van der Waals surface area contributed by atoms with Crippen LogP contribution >= 0.6 is 11.8 Å². The van der Waals surface area contributed by atoms with Crippen molar-refractivity contribution in [3.05, 3.63) is 23.8 Å². The van der Waals surface area contributed by atoms with Gasteiger partial charge in [-0.25, -0.2) is 0 Å². The lowest BCUT2D eigenvalue weighted by Gasteiger charge is -2.21. The number of carbonyl (C=O) groups is 1. The van der Waals surface area contributed by atoms with Gasteiger partial charge in [-0.15, -0.1) is 0 Å². The summed E-state index contributed by atoms with van der Waals surface area (Å²) in [7, 11) is 4.95. The summed E-state index contributed by atoms with van der Waals surface area (Å²) in [6.45, 7) is 0.492. The summed E-state index contributed by atoms with van der Waals surface area (Å²) in [4.78, 5) is 13.8. The van der Waals surface area contributed by atoms with Gasteiger partial charge in [0.2, 0.25) is 5.91 Å². The summed E-state index contributed by atoms with van der Waals surface area (Å²) in [5, 5.41) is 0. The molecule has 0 spiro atoms. The molecule has 0 aliphatic heterocycles. The molecule has 0 saturated carbocycles. The van der Waals surface area contributed by atoms with E-state index in [0.717, 1.165) is 11.3 Å². The Labute approximate surface area is 130 Å². The van der Waals surface area contributed by atoms with E-state index < -0.39 is 6.04 Å². The highest BCUT2D eigenvalue weighted by molar-refractivity contribution is 7.98. The van der Waals surface area contributed by atoms with E-state index in [0.29, 0.717) is 24.5 Å². The van der Waals surface area contributed by atoms with Gasteiger partial charge >= 0.3 is 0 Å². The third-order valence-electron chi connectivity index (χ3n) is 3.19. The Balaban J connectivity index is 2.69. The number of methoxy groups -OCH3 is 2. The van der Waals surface area contributed by atoms with Gasteiger partial charge in [0.05, 0.1) is 20.3 Å². The Morgan fingerprint density at radius 2 is 2.00 bits per heavy atom. The van der Waals surface area contributed by atoms with Crippen LogP contribution in [0, 0.1) is 0 Å². The van der Waals surface area contributed by atoms with Crippen LogP contribution in [-0.2, 0) is 11.3 Å². The maximum Gasteiger partial charge on any atom is 0.239 e. The normalized spacial score (nSPS) is 11.9. The van der Waals surface area contributed by atoms with E-state index in [1.54, 1.807) is 37.9 Å². The lowest BCUT2D eigenvalue weighted by Crippen LogP contribution is -2.41. The molecule has 0 bridgehead atoms. The quantitative estimate of drug-likeness (QED) is 0.792. The largest absolute Gasteiger partial charge is 0.493 e. The third-order valence-corrected chi connectivity index (χ3v) is 3.84. The molecule has 1 aromatic rings. The molecule has 5 nitrogen and oxygen atoms in total. The van der Waals surface area contributed by atoms with Gasteiger partial charge in [-0.3, -0.25) is 4.79 Å². The minimum absolute atomic E-state index is 0.0427. The van der Waals surface area contributed by atoms with Crippen molar-refractivity contribution in [1.29, 1.82) is 0 Å². The Bertz CT molecular complexity index is 468. The molecule has 118 valence electrons. The van der Waals surface area contributed by atoms with E-state index in [1.165, 1.54) is 0 Å². The first-order valence-corrected chi connectivity index (χ1v) is 8.13. The van der Waals surface area contributed by atoms with Crippen LogP contribution in [0.4, 0.5) is 0 Å². The van der Waals surface area contributed by atoms with E-state index in [9.17, 15) is 4.79 Å². The second kappa shape index (κ2) is 8.79. The highest BCUT2D eigenvalue weighted by Crippen LogP contribution is 2.27. The molecular weight excluding hydrogens is 288 g/mol. The highest BCUT2D eigenvalue weighted by atomic mass is 32.2. The molecule has 21 heavy (non-hydrogen) atoms. The smallest absolute Gasteiger partial charge is 0.239 e. The summed E-state index contributed by atoms with van der Waals surface area (Å²) < 4.78 is 10.5. The van der Waals surface area contributed by atoms with Crippen molar-refractivity contribution in [2.75, 3.05) is 33.3 Å². The molecule has 0 heterocycles. The minimum atomic E-state index is -0.442. The van der Waals surface area contributed by atoms with Crippen LogP contribution in [-0.4, -0.2) is 50.1 Å². The monoisotopic (exact) mass is 312 g/mol. The predicted molar refractivity (Wildman–Crippen MR) is 87.0 cm³/mol. The first-order valence-electron chi connectivity index (χ1n) is 6.73.